The first-order valence-corrected chi connectivity index (χ1v) is 5.66. The third kappa shape index (κ3) is 3.21. The third-order valence-corrected chi connectivity index (χ3v) is 2.53. The molecule has 0 aliphatic heterocycles. The van der Waals surface area contributed by atoms with Gasteiger partial charge in [-0.2, -0.15) is 0 Å². The fourth-order valence-corrected chi connectivity index (χ4v) is 1.99. The Labute approximate surface area is 91.4 Å². The summed E-state index contributed by atoms with van der Waals surface area (Å²) in [4.78, 5) is 10.6. The number of carboxylic acid groups (broad SMARTS) is 1. The Hall–Kier alpha value is -0.720. The number of carboxylic acids is 1. The van der Waals surface area contributed by atoms with Gasteiger partial charge in [0.2, 0.25) is 0 Å². The maximum absolute atomic E-state index is 10.6. The molecule has 0 fully saturated rings. The highest BCUT2D eigenvalue weighted by Gasteiger charge is 2.07. The van der Waals surface area contributed by atoms with Crippen LogP contribution in [0.1, 0.15) is 15.9 Å². The van der Waals surface area contributed by atoms with E-state index in [0.717, 1.165) is 0 Å². The second-order valence-corrected chi connectivity index (χ2v) is 4.47. The summed E-state index contributed by atoms with van der Waals surface area (Å²) in [6.45, 7) is 0. The Balaban J connectivity index is 3.07. The lowest BCUT2D eigenvalue weighted by Gasteiger charge is -2.01. The van der Waals surface area contributed by atoms with Crippen molar-refractivity contribution in [2.75, 3.05) is 0 Å². The van der Waals surface area contributed by atoms with Crippen LogP contribution in [0.5, 0.6) is 0 Å². The average molecular weight is 279 g/mol. The summed E-state index contributed by atoms with van der Waals surface area (Å²) in [6.07, 6.45) is 0. The first-order chi connectivity index (χ1) is 6.49. The summed E-state index contributed by atoms with van der Waals surface area (Å²) < 4.78 is 19.7. The summed E-state index contributed by atoms with van der Waals surface area (Å²) in [6, 6.07) is 4.42. The average Bonchev–Trinajstić information content (AvgIpc) is 2.01. The molecular formula is C8H7BrO4S. The topological polar surface area (TPSA) is 74.6 Å². The number of rotatable bonds is 3. The second kappa shape index (κ2) is 4.68. The molecule has 4 nitrogen and oxygen atoms in total. The van der Waals surface area contributed by atoms with Crippen molar-refractivity contribution < 1.29 is 18.7 Å². The van der Waals surface area contributed by atoms with Crippen LogP contribution in [0.2, 0.25) is 0 Å². The second-order valence-electron chi connectivity index (χ2n) is 2.62. The normalized spacial score (nSPS) is 12.4. The van der Waals surface area contributed by atoms with Gasteiger partial charge in [-0.1, -0.05) is 15.9 Å². The van der Waals surface area contributed by atoms with Crippen molar-refractivity contribution in [3.63, 3.8) is 0 Å². The van der Waals surface area contributed by atoms with Crippen LogP contribution in [0.15, 0.2) is 22.7 Å². The fourth-order valence-electron chi connectivity index (χ4n) is 1.000. The van der Waals surface area contributed by atoms with E-state index in [-0.39, 0.29) is 11.3 Å². The molecule has 1 aromatic carbocycles. The van der Waals surface area contributed by atoms with E-state index in [9.17, 15) is 9.00 Å². The highest BCUT2D eigenvalue weighted by Crippen LogP contribution is 2.16. The van der Waals surface area contributed by atoms with E-state index in [1.807, 2.05) is 0 Å². The summed E-state index contributed by atoms with van der Waals surface area (Å²) in [5, 5.41) is 8.71. The molecule has 6 heteroatoms. The number of hydrogen-bond acceptors (Lipinski definition) is 2. The summed E-state index contributed by atoms with van der Waals surface area (Å²) >= 11 is 1.17. The van der Waals surface area contributed by atoms with Crippen molar-refractivity contribution >= 4 is 33.0 Å². The van der Waals surface area contributed by atoms with E-state index in [2.05, 4.69) is 15.9 Å². The Morgan fingerprint density at radius 1 is 1.43 bits per heavy atom. The molecule has 1 atom stereocenters. The molecule has 0 amide bonds. The van der Waals surface area contributed by atoms with E-state index >= 15 is 0 Å². The number of aromatic carboxylic acids is 1. The predicted octanol–water partition coefficient (Wildman–Crippen LogP) is 1.87. The van der Waals surface area contributed by atoms with Gasteiger partial charge in [-0.15, -0.1) is 0 Å². The van der Waals surface area contributed by atoms with Gasteiger partial charge < -0.3 is 9.66 Å². The van der Waals surface area contributed by atoms with Crippen molar-refractivity contribution in [2.45, 2.75) is 5.75 Å². The van der Waals surface area contributed by atoms with Crippen molar-refractivity contribution in [2.24, 2.45) is 0 Å². The quantitative estimate of drug-likeness (QED) is 0.828. The maximum Gasteiger partial charge on any atom is 0.335 e. The Morgan fingerprint density at radius 3 is 2.57 bits per heavy atom. The molecule has 0 radical (unpaired) electrons. The van der Waals surface area contributed by atoms with E-state index in [0.29, 0.717) is 10.0 Å². The van der Waals surface area contributed by atoms with Gasteiger partial charge in [-0.3, -0.25) is 0 Å². The van der Waals surface area contributed by atoms with Crippen molar-refractivity contribution in [1.29, 1.82) is 0 Å². The monoisotopic (exact) mass is 278 g/mol. The molecule has 2 N–H and O–H groups in total. The molecule has 76 valence electrons. The van der Waals surface area contributed by atoms with Crippen molar-refractivity contribution in [1.82, 2.24) is 0 Å². The van der Waals surface area contributed by atoms with Gasteiger partial charge in [0.25, 0.3) is 0 Å². The van der Waals surface area contributed by atoms with Gasteiger partial charge in [0.05, 0.1) is 11.3 Å². The van der Waals surface area contributed by atoms with Gasteiger partial charge in [0, 0.05) is 4.47 Å². The Morgan fingerprint density at radius 2 is 2.07 bits per heavy atom. The number of benzene rings is 1. The number of halogens is 1. The molecule has 0 aromatic heterocycles. The SMILES string of the molecule is O=C(O)c1cc(Br)cc(CS(=O)O)c1. The van der Waals surface area contributed by atoms with Crippen LogP contribution in [-0.2, 0) is 16.8 Å². The molecule has 0 bridgehead atoms. The largest absolute Gasteiger partial charge is 0.478 e. The highest BCUT2D eigenvalue weighted by molar-refractivity contribution is 9.10. The third-order valence-electron chi connectivity index (χ3n) is 1.49. The lowest BCUT2D eigenvalue weighted by atomic mass is 10.1. The molecule has 0 saturated carbocycles. The standard InChI is InChI=1S/C8H7BrO4S/c9-7-2-5(4-14(12)13)1-6(3-7)8(10)11/h1-3H,4H2,(H,10,11)(H,12,13). The minimum absolute atomic E-state index is 0.0697. The minimum Gasteiger partial charge on any atom is -0.478 e. The van der Waals surface area contributed by atoms with Crippen LogP contribution in [0.25, 0.3) is 0 Å². The predicted molar refractivity (Wildman–Crippen MR) is 55.6 cm³/mol. The Kier molecular flexibility index (Phi) is 3.79. The molecule has 0 aliphatic rings. The lowest BCUT2D eigenvalue weighted by Crippen LogP contribution is -1.99. The smallest absolute Gasteiger partial charge is 0.335 e. The molecule has 1 rings (SSSR count). The summed E-state index contributed by atoms with van der Waals surface area (Å²) in [5.74, 6) is -1.13. The fraction of sp³-hybridized carbons (Fsp3) is 0.125. The van der Waals surface area contributed by atoms with Gasteiger partial charge in [-0.05, 0) is 23.8 Å². The van der Waals surface area contributed by atoms with Gasteiger partial charge in [0.1, 0.15) is 0 Å². The molecule has 0 aliphatic carbocycles. The molecule has 1 unspecified atom stereocenters. The highest BCUT2D eigenvalue weighted by atomic mass is 79.9. The minimum atomic E-state index is -1.96. The van der Waals surface area contributed by atoms with Crippen LogP contribution in [0.4, 0.5) is 0 Å². The van der Waals surface area contributed by atoms with Crippen LogP contribution < -0.4 is 0 Å². The van der Waals surface area contributed by atoms with E-state index < -0.39 is 17.0 Å². The van der Waals surface area contributed by atoms with E-state index in [1.54, 1.807) is 6.07 Å². The molecule has 1 aromatic rings. The van der Waals surface area contributed by atoms with Gasteiger partial charge in [-0.25, -0.2) is 9.00 Å². The molecule has 14 heavy (non-hydrogen) atoms. The van der Waals surface area contributed by atoms with Crippen molar-refractivity contribution in [3.05, 3.63) is 33.8 Å². The zero-order chi connectivity index (χ0) is 10.7. The van der Waals surface area contributed by atoms with Crippen molar-refractivity contribution in [3.8, 4) is 0 Å². The van der Waals surface area contributed by atoms with Crippen LogP contribution in [0.3, 0.4) is 0 Å². The maximum atomic E-state index is 10.6. The molecular weight excluding hydrogens is 272 g/mol. The molecule has 0 heterocycles. The summed E-state index contributed by atoms with van der Waals surface area (Å²) in [5.41, 5.74) is 0.609. The molecule has 0 saturated heterocycles. The molecule has 0 spiro atoms. The first kappa shape index (κ1) is 11.4. The van der Waals surface area contributed by atoms with E-state index in [1.165, 1.54) is 12.1 Å². The number of hydrogen-bond donors (Lipinski definition) is 2. The van der Waals surface area contributed by atoms with Crippen LogP contribution >= 0.6 is 15.9 Å². The summed E-state index contributed by atoms with van der Waals surface area (Å²) in [7, 11) is 0. The first-order valence-electron chi connectivity index (χ1n) is 3.59. The van der Waals surface area contributed by atoms with Crippen LogP contribution in [-0.4, -0.2) is 19.8 Å². The number of carbonyl (C=O) groups is 1. The zero-order valence-electron chi connectivity index (χ0n) is 6.94. The lowest BCUT2D eigenvalue weighted by molar-refractivity contribution is 0.0696. The van der Waals surface area contributed by atoms with Gasteiger partial charge >= 0.3 is 5.97 Å². The van der Waals surface area contributed by atoms with Gasteiger partial charge in [0.15, 0.2) is 11.1 Å². The van der Waals surface area contributed by atoms with Crippen LogP contribution in [0, 0.1) is 0 Å². The van der Waals surface area contributed by atoms with E-state index in [4.69, 9.17) is 9.66 Å². The Bertz CT molecular complexity index is 391. The zero-order valence-corrected chi connectivity index (χ0v) is 9.34.